The summed E-state index contributed by atoms with van der Waals surface area (Å²) < 4.78 is 7.83. The van der Waals surface area contributed by atoms with Crippen LogP contribution in [0.2, 0.25) is 0 Å². The fraction of sp³-hybridized carbons (Fsp3) is 0.286. The van der Waals surface area contributed by atoms with Gasteiger partial charge in [-0.3, -0.25) is 4.79 Å². The van der Waals surface area contributed by atoms with Crippen LogP contribution in [0.4, 0.5) is 0 Å². The number of aromatic hydroxyl groups is 1. The standard InChI is InChI=1S/C21H20N4O3/c26-18-6-4-14(5-7-18)15-2-1-3-16(10-15)21(27)24-9-8-20-19(12-24)25-17(13-28-20)11-22-23-25/h1-7,10-11,19-20,26H,8-9,12-13H2. The summed E-state index contributed by atoms with van der Waals surface area (Å²) in [5.41, 5.74) is 3.50. The smallest absolute Gasteiger partial charge is 0.253 e. The zero-order valence-corrected chi connectivity index (χ0v) is 15.2. The maximum atomic E-state index is 13.2. The number of fused-ring (bicyclic) bond motifs is 3. The molecule has 1 N–H and O–H groups in total. The minimum absolute atomic E-state index is 0.00392. The van der Waals surface area contributed by atoms with Crippen molar-refractivity contribution in [2.75, 3.05) is 13.1 Å². The Morgan fingerprint density at radius 1 is 1.14 bits per heavy atom. The van der Waals surface area contributed by atoms with Crippen molar-refractivity contribution in [3.05, 3.63) is 66.0 Å². The molecule has 2 atom stereocenters. The molecule has 1 fully saturated rings. The lowest BCUT2D eigenvalue weighted by atomic mass is 9.98. The number of amides is 1. The first-order valence-electron chi connectivity index (χ1n) is 9.38. The number of nitrogens with zero attached hydrogens (tertiary/aromatic N) is 4. The fourth-order valence-electron chi connectivity index (χ4n) is 4.03. The van der Waals surface area contributed by atoms with Gasteiger partial charge in [0, 0.05) is 18.7 Å². The number of ether oxygens (including phenoxy) is 1. The Hall–Kier alpha value is -3.19. The quantitative estimate of drug-likeness (QED) is 0.744. The average molecular weight is 376 g/mol. The van der Waals surface area contributed by atoms with Crippen LogP contribution in [0.1, 0.15) is 28.5 Å². The van der Waals surface area contributed by atoms with Gasteiger partial charge in [0.2, 0.25) is 0 Å². The van der Waals surface area contributed by atoms with E-state index in [2.05, 4.69) is 10.3 Å². The molecule has 7 nitrogen and oxygen atoms in total. The van der Waals surface area contributed by atoms with Gasteiger partial charge in [0.25, 0.3) is 5.91 Å². The highest BCUT2D eigenvalue weighted by Gasteiger charge is 2.38. The van der Waals surface area contributed by atoms with Crippen LogP contribution < -0.4 is 0 Å². The lowest BCUT2D eigenvalue weighted by Gasteiger charge is -2.41. The fourth-order valence-corrected chi connectivity index (χ4v) is 4.03. The molecule has 0 bridgehead atoms. The van der Waals surface area contributed by atoms with Gasteiger partial charge in [-0.15, -0.1) is 5.10 Å². The third-order valence-electron chi connectivity index (χ3n) is 5.53. The number of phenols is 1. The van der Waals surface area contributed by atoms with Crippen LogP contribution in [-0.2, 0) is 11.3 Å². The summed E-state index contributed by atoms with van der Waals surface area (Å²) in [7, 11) is 0. The Balaban J connectivity index is 1.39. The normalized spacial score (nSPS) is 21.1. The maximum absolute atomic E-state index is 13.2. The number of hydrogen-bond donors (Lipinski definition) is 1. The molecule has 1 amide bonds. The van der Waals surface area contributed by atoms with E-state index in [-0.39, 0.29) is 23.8 Å². The second-order valence-electron chi connectivity index (χ2n) is 7.25. The highest BCUT2D eigenvalue weighted by molar-refractivity contribution is 5.95. The van der Waals surface area contributed by atoms with E-state index >= 15 is 0 Å². The van der Waals surface area contributed by atoms with Gasteiger partial charge in [-0.05, 0) is 41.8 Å². The number of hydrogen-bond acceptors (Lipinski definition) is 5. The molecule has 2 aliphatic heterocycles. The van der Waals surface area contributed by atoms with E-state index in [0.717, 1.165) is 23.2 Å². The Morgan fingerprint density at radius 3 is 2.86 bits per heavy atom. The largest absolute Gasteiger partial charge is 0.508 e. The number of carbonyl (C=O) groups excluding carboxylic acids is 1. The highest BCUT2D eigenvalue weighted by atomic mass is 16.5. The van der Waals surface area contributed by atoms with E-state index in [1.165, 1.54) is 0 Å². The minimum atomic E-state index is 0.00392. The van der Waals surface area contributed by atoms with Crippen LogP contribution in [0.25, 0.3) is 11.1 Å². The van der Waals surface area contributed by atoms with E-state index in [1.807, 2.05) is 46.0 Å². The Morgan fingerprint density at radius 2 is 2.00 bits per heavy atom. The van der Waals surface area contributed by atoms with Crippen molar-refractivity contribution in [3.63, 3.8) is 0 Å². The molecule has 3 aromatic rings. The van der Waals surface area contributed by atoms with Gasteiger partial charge >= 0.3 is 0 Å². The molecule has 7 heteroatoms. The second-order valence-corrected chi connectivity index (χ2v) is 7.25. The number of benzene rings is 2. The molecule has 0 radical (unpaired) electrons. The minimum Gasteiger partial charge on any atom is -0.508 e. The summed E-state index contributed by atoms with van der Waals surface area (Å²) in [5, 5.41) is 17.7. The topological polar surface area (TPSA) is 80.5 Å². The lowest BCUT2D eigenvalue weighted by Crippen LogP contribution is -2.49. The number of aromatic nitrogens is 3. The van der Waals surface area contributed by atoms with Gasteiger partial charge < -0.3 is 14.7 Å². The van der Waals surface area contributed by atoms with E-state index < -0.39 is 0 Å². The summed E-state index contributed by atoms with van der Waals surface area (Å²) in [5.74, 6) is 0.229. The molecule has 1 saturated heterocycles. The number of piperidine rings is 1. The lowest BCUT2D eigenvalue weighted by molar-refractivity contribution is -0.0605. The summed E-state index contributed by atoms with van der Waals surface area (Å²) in [6, 6.07) is 14.6. The number of rotatable bonds is 2. The maximum Gasteiger partial charge on any atom is 0.253 e. The molecular formula is C21H20N4O3. The van der Waals surface area contributed by atoms with E-state index in [9.17, 15) is 9.90 Å². The van der Waals surface area contributed by atoms with E-state index in [0.29, 0.717) is 25.3 Å². The van der Waals surface area contributed by atoms with Crippen LogP contribution >= 0.6 is 0 Å². The zero-order valence-electron chi connectivity index (χ0n) is 15.2. The van der Waals surface area contributed by atoms with Gasteiger partial charge in [0.15, 0.2) is 0 Å². The predicted octanol–water partition coefficient (Wildman–Crippen LogP) is 2.64. The number of likely N-dealkylation sites (tertiary alicyclic amines) is 1. The molecule has 2 aliphatic rings. The first-order valence-corrected chi connectivity index (χ1v) is 9.38. The van der Waals surface area contributed by atoms with Crippen molar-refractivity contribution in [2.24, 2.45) is 0 Å². The molecule has 0 saturated carbocycles. The molecule has 0 spiro atoms. The third-order valence-corrected chi connectivity index (χ3v) is 5.53. The van der Waals surface area contributed by atoms with Crippen LogP contribution in [0, 0.1) is 0 Å². The summed E-state index contributed by atoms with van der Waals surface area (Å²) in [6.07, 6.45) is 2.58. The number of phenolic OH excluding ortho intramolecular Hbond substituents is 1. The summed E-state index contributed by atoms with van der Waals surface area (Å²) in [6.45, 7) is 1.74. The van der Waals surface area contributed by atoms with Crippen molar-refractivity contribution in [2.45, 2.75) is 25.2 Å². The molecule has 142 valence electrons. The van der Waals surface area contributed by atoms with Crippen molar-refractivity contribution >= 4 is 5.91 Å². The molecule has 3 heterocycles. The van der Waals surface area contributed by atoms with E-state index in [4.69, 9.17) is 4.74 Å². The van der Waals surface area contributed by atoms with Crippen molar-refractivity contribution < 1.29 is 14.6 Å². The van der Waals surface area contributed by atoms with Crippen molar-refractivity contribution in [1.82, 2.24) is 19.9 Å². The molecule has 0 aliphatic carbocycles. The first kappa shape index (κ1) is 16.9. The summed E-state index contributed by atoms with van der Waals surface area (Å²) in [4.78, 5) is 15.0. The Kier molecular flexibility index (Phi) is 4.09. The van der Waals surface area contributed by atoms with Crippen LogP contribution in [0.15, 0.2) is 54.7 Å². The highest BCUT2D eigenvalue weighted by Crippen LogP contribution is 2.31. The summed E-state index contributed by atoms with van der Waals surface area (Å²) >= 11 is 0. The van der Waals surface area contributed by atoms with Gasteiger partial charge in [-0.2, -0.15) is 0 Å². The molecule has 2 aromatic carbocycles. The molecule has 2 unspecified atom stereocenters. The third kappa shape index (κ3) is 2.93. The van der Waals surface area contributed by atoms with Crippen LogP contribution in [-0.4, -0.2) is 50.1 Å². The van der Waals surface area contributed by atoms with E-state index in [1.54, 1.807) is 18.3 Å². The van der Waals surface area contributed by atoms with Gasteiger partial charge in [-0.25, -0.2) is 4.68 Å². The second kappa shape index (κ2) is 6.76. The molecule has 5 rings (SSSR count). The van der Waals surface area contributed by atoms with Gasteiger partial charge in [0.05, 0.1) is 30.6 Å². The number of carbonyl (C=O) groups is 1. The molecule has 1 aromatic heterocycles. The van der Waals surface area contributed by atoms with Crippen molar-refractivity contribution in [1.29, 1.82) is 0 Å². The predicted molar refractivity (Wildman–Crippen MR) is 102 cm³/mol. The monoisotopic (exact) mass is 376 g/mol. The average Bonchev–Trinajstić information content (AvgIpc) is 3.23. The van der Waals surface area contributed by atoms with Gasteiger partial charge in [0.1, 0.15) is 5.75 Å². The molecular weight excluding hydrogens is 356 g/mol. The van der Waals surface area contributed by atoms with Gasteiger partial charge in [-0.1, -0.05) is 29.5 Å². The Bertz CT molecular complexity index is 1010. The first-order chi connectivity index (χ1) is 13.7. The Labute approximate surface area is 162 Å². The van der Waals surface area contributed by atoms with Crippen molar-refractivity contribution in [3.8, 4) is 16.9 Å². The zero-order chi connectivity index (χ0) is 19.1. The molecule has 28 heavy (non-hydrogen) atoms. The van der Waals surface area contributed by atoms with Crippen LogP contribution in [0.5, 0.6) is 5.75 Å². The SMILES string of the molecule is O=C(c1cccc(-c2ccc(O)cc2)c1)N1CCC2OCc3cnnn3C2C1. The van der Waals surface area contributed by atoms with Crippen LogP contribution in [0.3, 0.4) is 0 Å².